The molecule has 0 saturated carbocycles. The molecular weight excluding hydrogens is 249 g/mol. The van der Waals surface area contributed by atoms with Crippen LogP contribution < -0.4 is 11.1 Å². The van der Waals surface area contributed by atoms with Crippen LogP contribution >= 0.6 is 0 Å². The quantitative estimate of drug-likeness (QED) is 0.765. The Morgan fingerprint density at radius 1 is 1.47 bits per heavy atom. The fraction of sp³-hybridized carbons (Fsp3) is 0.385. The Hall–Kier alpha value is -1.95. The van der Waals surface area contributed by atoms with E-state index in [1.54, 1.807) is 17.0 Å². The van der Waals surface area contributed by atoms with Crippen molar-refractivity contribution in [3.8, 4) is 0 Å². The van der Waals surface area contributed by atoms with Gasteiger partial charge in [-0.25, -0.2) is 4.39 Å². The number of nitrogens with one attached hydrogen (secondary N) is 1. The summed E-state index contributed by atoms with van der Waals surface area (Å²) >= 11 is 0. The van der Waals surface area contributed by atoms with Crippen molar-refractivity contribution in [3.05, 3.63) is 35.6 Å². The smallest absolute Gasteiger partial charge is 0.232 e. The summed E-state index contributed by atoms with van der Waals surface area (Å²) in [6.45, 7) is 1.66. The number of carbonyl (C=O) groups excluding carboxylic acids is 2. The minimum absolute atomic E-state index is 0.267. The molecule has 19 heavy (non-hydrogen) atoms. The van der Waals surface area contributed by atoms with Crippen LogP contribution in [0, 0.1) is 5.82 Å². The van der Waals surface area contributed by atoms with E-state index < -0.39 is 5.91 Å². The summed E-state index contributed by atoms with van der Waals surface area (Å²) in [5.41, 5.74) is 5.76. The van der Waals surface area contributed by atoms with E-state index in [9.17, 15) is 14.0 Å². The molecule has 1 atom stereocenters. The van der Waals surface area contributed by atoms with Crippen LogP contribution in [0.15, 0.2) is 24.3 Å². The van der Waals surface area contributed by atoms with Gasteiger partial charge in [-0.2, -0.15) is 0 Å². The maximum atomic E-state index is 13.3. The third kappa shape index (κ3) is 3.29. The minimum Gasteiger partial charge on any atom is -0.369 e. The van der Waals surface area contributed by atoms with Gasteiger partial charge >= 0.3 is 0 Å². The number of hydrogen-bond donors (Lipinski definition) is 2. The van der Waals surface area contributed by atoms with Crippen LogP contribution in [0.1, 0.15) is 18.0 Å². The van der Waals surface area contributed by atoms with Crippen molar-refractivity contribution in [2.75, 3.05) is 19.6 Å². The van der Waals surface area contributed by atoms with E-state index in [2.05, 4.69) is 5.32 Å². The molecule has 1 aliphatic heterocycles. The van der Waals surface area contributed by atoms with E-state index in [1.807, 2.05) is 0 Å². The van der Waals surface area contributed by atoms with E-state index >= 15 is 0 Å². The first-order chi connectivity index (χ1) is 9.08. The molecule has 2 amide bonds. The Kier molecular flexibility index (Phi) is 4.11. The second kappa shape index (κ2) is 5.79. The van der Waals surface area contributed by atoms with Gasteiger partial charge < -0.3 is 16.0 Å². The maximum Gasteiger partial charge on any atom is 0.232 e. The molecule has 1 fully saturated rings. The molecule has 1 unspecified atom stereocenters. The van der Waals surface area contributed by atoms with Crippen molar-refractivity contribution < 1.29 is 14.0 Å². The van der Waals surface area contributed by atoms with Crippen molar-refractivity contribution in [3.63, 3.8) is 0 Å². The van der Waals surface area contributed by atoms with Crippen molar-refractivity contribution in [1.82, 2.24) is 10.2 Å². The van der Waals surface area contributed by atoms with Gasteiger partial charge in [-0.15, -0.1) is 0 Å². The molecule has 0 spiro atoms. The van der Waals surface area contributed by atoms with Crippen LogP contribution in [0.5, 0.6) is 0 Å². The van der Waals surface area contributed by atoms with E-state index in [0.717, 1.165) is 0 Å². The second-order valence-corrected chi connectivity index (χ2v) is 4.51. The van der Waals surface area contributed by atoms with Gasteiger partial charge in [0, 0.05) is 19.6 Å². The molecule has 1 saturated heterocycles. The third-order valence-corrected chi connectivity index (χ3v) is 3.12. The number of hydrogen-bond acceptors (Lipinski definition) is 3. The number of amides is 2. The molecular formula is C13H16FN3O2. The average molecular weight is 265 g/mol. The molecule has 1 aromatic carbocycles. The number of nitrogens with zero attached hydrogens (tertiary/aromatic N) is 1. The second-order valence-electron chi connectivity index (χ2n) is 4.51. The molecule has 1 heterocycles. The number of carbonyl (C=O) groups is 2. The zero-order chi connectivity index (χ0) is 13.8. The van der Waals surface area contributed by atoms with Crippen LogP contribution in [0.25, 0.3) is 0 Å². The van der Waals surface area contributed by atoms with Crippen molar-refractivity contribution in [2.45, 2.75) is 12.5 Å². The van der Waals surface area contributed by atoms with Crippen molar-refractivity contribution in [2.24, 2.45) is 5.73 Å². The Labute approximate surface area is 110 Å². The highest BCUT2D eigenvalue weighted by Gasteiger charge is 2.28. The lowest BCUT2D eigenvalue weighted by molar-refractivity contribution is -0.137. The summed E-state index contributed by atoms with van der Waals surface area (Å²) < 4.78 is 13.3. The van der Waals surface area contributed by atoms with Gasteiger partial charge in [0.15, 0.2) is 0 Å². The fourth-order valence-electron chi connectivity index (χ4n) is 2.27. The van der Waals surface area contributed by atoms with Gasteiger partial charge in [0.1, 0.15) is 12.2 Å². The number of rotatable bonds is 3. The SMILES string of the molecule is NC(=O)CC(=O)N1CCNCC1c1cccc(F)c1. The van der Waals surface area contributed by atoms with Gasteiger partial charge in [0.05, 0.1) is 6.04 Å². The normalized spacial score (nSPS) is 19.2. The summed E-state index contributed by atoms with van der Waals surface area (Å²) in [6, 6.07) is 5.87. The van der Waals surface area contributed by atoms with Crippen LogP contribution in [0.2, 0.25) is 0 Å². The maximum absolute atomic E-state index is 13.3. The number of piperazine rings is 1. The number of primary amides is 1. The molecule has 1 aliphatic rings. The van der Waals surface area contributed by atoms with Gasteiger partial charge in [0.25, 0.3) is 0 Å². The first-order valence-electron chi connectivity index (χ1n) is 6.12. The van der Waals surface area contributed by atoms with Crippen LogP contribution in [0.3, 0.4) is 0 Å². The summed E-state index contributed by atoms with van der Waals surface area (Å²) in [4.78, 5) is 24.4. The standard InChI is InChI=1S/C13H16FN3O2/c14-10-3-1-2-9(6-10)11-8-16-4-5-17(11)13(19)7-12(15)18/h1-3,6,11,16H,4-5,7-8H2,(H2,15,18). The van der Waals surface area contributed by atoms with Crippen molar-refractivity contribution in [1.29, 1.82) is 0 Å². The Bertz CT molecular complexity index is 493. The predicted octanol–water partition coefficient (Wildman–Crippen LogP) is 0.174. The molecule has 0 aliphatic carbocycles. The summed E-state index contributed by atoms with van der Waals surface area (Å²) in [7, 11) is 0. The van der Waals surface area contributed by atoms with Crippen LogP contribution in [-0.4, -0.2) is 36.3 Å². The van der Waals surface area contributed by atoms with Crippen LogP contribution in [-0.2, 0) is 9.59 Å². The average Bonchev–Trinajstić information content (AvgIpc) is 2.38. The predicted molar refractivity (Wildman–Crippen MR) is 67.5 cm³/mol. The number of benzene rings is 1. The van der Waals surface area contributed by atoms with Gasteiger partial charge in [-0.1, -0.05) is 12.1 Å². The summed E-state index contributed by atoms with van der Waals surface area (Å²) in [5, 5.41) is 3.16. The summed E-state index contributed by atoms with van der Waals surface area (Å²) in [6.07, 6.45) is -0.314. The first-order valence-corrected chi connectivity index (χ1v) is 6.12. The molecule has 6 heteroatoms. The summed E-state index contributed by atoms with van der Waals surface area (Å²) in [5.74, 6) is -1.31. The highest BCUT2D eigenvalue weighted by atomic mass is 19.1. The lowest BCUT2D eigenvalue weighted by Crippen LogP contribution is -2.49. The third-order valence-electron chi connectivity index (χ3n) is 3.12. The fourth-order valence-corrected chi connectivity index (χ4v) is 2.27. The Morgan fingerprint density at radius 2 is 2.26 bits per heavy atom. The zero-order valence-electron chi connectivity index (χ0n) is 10.4. The monoisotopic (exact) mass is 265 g/mol. The molecule has 0 bridgehead atoms. The van der Waals surface area contributed by atoms with E-state index in [1.165, 1.54) is 12.1 Å². The Morgan fingerprint density at radius 3 is 2.95 bits per heavy atom. The van der Waals surface area contributed by atoms with E-state index in [-0.39, 0.29) is 24.2 Å². The molecule has 3 N–H and O–H groups in total. The minimum atomic E-state index is -0.651. The molecule has 0 aromatic heterocycles. The van der Waals surface area contributed by atoms with E-state index in [0.29, 0.717) is 25.2 Å². The van der Waals surface area contributed by atoms with E-state index in [4.69, 9.17) is 5.73 Å². The van der Waals surface area contributed by atoms with Crippen molar-refractivity contribution >= 4 is 11.8 Å². The molecule has 1 aromatic rings. The zero-order valence-corrected chi connectivity index (χ0v) is 10.4. The lowest BCUT2D eigenvalue weighted by atomic mass is 10.0. The first kappa shape index (κ1) is 13.5. The topological polar surface area (TPSA) is 75.4 Å². The molecule has 5 nitrogen and oxygen atoms in total. The lowest BCUT2D eigenvalue weighted by Gasteiger charge is -2.36. The van der Waals surface area contributed by atoms with Gasteiger partial charge in [-0.3, -0.25) is 9.59 Å². The van der Waals surface area contributed by atoms with Gasteiger partial charge in [-0.05, 0) is 17.7 Å². The molecule has 2 rings (SSSR count). The highest BCUT2D eigenvalue weighted by molar-refractivity contribution is 5.96. The van der Waals surface area contributed by atoms with Crippen LogP contribution in [0.4, 0.5) is 4.39 Å². The molecule has 0 radical (unpaired) electrons. The Balaban J connectivity index is 2.20. The number of nitrogens with two attached hydrogens (primary N) is 1. The number of halogens is 1. The van der Waals surface area contributed by atoms with Gasteiger partial charge in [0.2, 0.25) is 11.8 Å². The molecule has 102 valence electrons. The highest BCUT2D eigenvalue weighted by Crippen LogP contribution is 2.23. The largest absolute Gasteiger partial charge is 0.369 e.